The molecule has 2 aromatic carbocycles. The molecule has 0 saturated heterocycles. The normalized spacial score (nSPS) is 12.1. The zero-order chi connectivity index (χ0) is 16.2. The second kappa shape index (κ2) is 6.50. The Bertz CT molecular complexity index is 839. The average Bonchev–Trinajstić information content (AvgIpc) is 2.96. The predicted octanol–water partition coefficient (Wildman–Crippen LogP) is 2.25. The molecule has 6 nitrogen and oxygen atoms in total. The van der Waals surface area contributed by atoms with E-state index in [1.54, 1.807) is 43.5 Å². The summed E-state index contributed by atoms with van der Waals surface area (Å²) in [6.45, 7) is 0.00232. The van der Waals surface area contributed by atoms with Crippen molar-refractivity contribution in [2.75, 3.05) is 7.11 Å². The third kappa shape index (κ3) is 3.32. The molecule has 0 saturated carbocycles. The van der Waals surface area contributed by atoms with Crippen LogP contribution >= 0.6 is 0 Å². The fraction of sp³-hybridized carbons (Fsp3) is 0.176. The van der Waals surface area contributed by atoms with E-state index in [4.69, 9.17) is 9.15 Å². The molecule has 118 valence electrons. The zero-order valence-electron chi connectivity index (χ0n) is 12.5. The molecule has 0 aliphatic heterocycles. The Balaban J connectivity index is 1.83. The maximum Gasteiger partial charge on any atom is 0.437 e. The summed E-state index contributed by atoms with van der Waals surface area (Å²) in [7, 11) is 1.56. The number of aliphatic hydroxyl groups is 1. The maximum atomic E-state index is 11.9. The van der Waals surface area contributed by atoms with Crippen LogP contribution < -0.4 is 10.5 Å². The number of hydrogen-bond acceptors (Lipinski definition) is 5. The summed E-state index contributed by atoms with van der Waals surface area (Å²) in [5.41, 5.74) is 1.35. The zero-order valence-corrected chi connectivity index (χ0v) is 12.5. The Kier molecular flexibility index (Phi) is 4.25. The van der Waals surface area contributed by atoms with Gasteiger partial charge in [-0.15, -0.1) is 5.10 Å². The van der Waals surface area contributed by atoms with Gasteiger partial charge in [0.1, 0.15) is 5.75 Å². The van der Waals surface area contributed by atoms with E-state index in [2.05, 4.69) is 5.10 Å². The lowest BCUT2D eigenvalue weighted by Crippen LogP contribution is -2.20. The molecule has 0 amide bonds. The minimum Gasteiger partial charge on any atom is -0.497 e. The molecular formula is C17H16N2O4. The number of rotatable bonds is 5. The highest BCUT2D eigenvalue weighted by molar-refractivity contribution is 5.51. The van der Waals surface area contributed by atoms with Crippen LogP contribution in [0.25, 0.3) is 11.5 Å². The average molecular weight is 312 g/mol. The van der Waals surface area contributed by atoms with Gasteiger partial charge < -0.3 is 14.3 Å². The first kappa shape index (κ1) is 15.1. The van der Waals surface area contributed by atoms with Crippen molar-refractivity contribution in [2.45, 2.75) is 12.6 Å². The van der Waals surface area contributed by atoms with Crippen LogP contribution in [0.5, 0.6) is 5.75 Å². The molecule has 0 aliphatic rings. The summed E-state index contributed by atoms with van der Waals surface area (Å²) in [5, 5.41) is 14.4. The smallest absolute Gasteiger partial charge is 0.437 e. The van der Waals surface area contributed by atoms with Crippen LogP contribution in [0.4, 0.5) is 0 Å². The molecule has 1 N–H and O–H groups in total. The summed E-state index contributed by atoms with van der Waals surface area (Å²) in [6, 6.07) is 16.2. The van der Waals surface area contributed by atoms with E-state index in [-0.39, 0.29) is 12.4 Å². The summed E-state index contributed by atoms with van der Waals surface area (Å²) in [4.78, 5) is 11.9. The molecule has 0 bridgehead atoms. The van der Waals surface area contributed by atoms with E-state index in [0.29, 0.717) is 16.9 Å². The molecular weight excluding hydrogens is 296 g/mol. The first-order valence-corrected chi connectivity index (χ1v) is 7.13. The predicted molar refractivity (Wildman–Crippen MR) is 84.2 cm³/mol. The highest BCUT2D eigenvalue weighted by atomic mass is 16.5. The van der Waals surface area contributed by atoms with Gasteiger partial charge in [0, 0.05) is 5.56 Å². The highest BCUT2D eigenvalue weighted by Gasteiger charge is 2.15. The molecule has 0 aliphatic carbocycles. The monoisotopic (exact) mass is 312 g/mol. The van der Waals surface area contributed by atoms with E-state index < -0.39 is 11.9 Å². The lowest BCUT2D eigenvalue weighted by atomic mass is 10.1. The van der Waals surface area contributed by atoms with Crippen LogP contribution in [-0.4, -0.2) is 22.0 Å². The summed E-state index contributed by atoms with van der Waals surface area (Å²) < 4.78 is 11.4. The van der Waals surface area contributed by atoms with Gasteiger partial charge in [0.25, 0.3) is 0 Å². The van der Waals surface area contributed by atoms with Crippen molar-refractivity contribution in [1.82, 2.24) is 9.78 Å². The summed E-state index contributed by atoms with van der Waals surface area (Å²) in [6.07, 6.45) is -0.892. The molecule has 0 fully saturated rings. The third-order valence-electron chi connectivity index (χ3n) is 3.45. The van der Waals surface area contributed by atoms with Crippen LogP contribution in [0, 0.1) is 0 Å². The van der Waals surface area contributed by atoms with Crippen molar-refractivity contribution in [3.8, 4) is 17.2 Å². The molecule has 1 unspecified atom stereocenters. The maximum absolute atomic E-state index is 11.9. The lowest BCUT2D eigenvalue weighted by molar-refractivity contribution is 0.148. The lowest BCUT2D eigenvalue weighted by Gasteiger charge is -2.11. The van der Waals surface area contributed by atoms with E-state index in [0.717, 1.165) is 4.68 Å². The molecule has 3 rings (SSSR count). The second-order valence-corrected chi connectivity index (χ2v) is 5.01. The molecule has 3 aromatic rings. The minimum absolute atomic E-state index is 0.00232. The quantitative estimate of drug-likeness (QED) is 0.782. The van der Waals surface area contributed by atoms with Crippen LogP contribution in [0.3, 0.4) is 0 Å². The number of methoxy groups -OCH3 is 1. The standard InChI is InChI=1S/C17H16N2O4/c1-22-14-9-5-8-13(10-14)15(20)11-19-17(21)23-16(18-19)12-6-3-2-4-7-12/h2-10,15,20H,11H2,1H3. The molecule has 23 heavy (non-hydrogen) atoms. The van der Waals surface area contributed by atoms with Gasteiger partial charge in [0.2, 0.25) is 5.89 Å². The Morgan fingerprint density at radius 2 is 2.00 bits per heavy atom. The number of aliphatic hydroxyl groups excluding tert-OH is 1. The summed E-state index contributed by atoms with van der Waals surface area (Å²) in [5.74, 6) is 0.262. The van der Waals surface area contributed by atoms with E-state index >= 15 is 0 Å². The SMILES string of the molecule is COc1cccc(C(O)Cn2nc(-c3ccccc3)oc2=O)c1. The molecule has 0 radical (unpaired) electrons. The minimum atomic E-state index is -0.892. The van der Waals surface area contributed by atoms with Crippen molar-refractivity contribution >= 4 is 0 Å². The largest absolute Gasteiger partial charge is 0.497 e. The molecule has 1 heterocycles. The van der Waals surface area contributed by atoms with Crippen LogP contribution in [0.2, 0.25) is 0 Å². The fourth-order valence-corrected chi connectivity index (χ4v) is 2.24. The number of nitrogens with zero attached hydrogens (tertiary/aromatic N) is 2. The van der Waals surface area contributed by atoms with Gasteiger partial charge in [-0.1, -0.05) is 30.3 Å². The van der Waals surface area contributed by atoms with Crippen molar-refractivity contribution in [3.63, 3.8) is 0 Å². The third-order valence-corrected chi connectivity index (χ3v) is 3.45. The Morgan fingerprint density at radius 1 is 1.22 bits per heavy atom. The number of aromatic nitrogens is 2. The topological polar surface area (TPSA) is 77.5 Å². The first-order chi connectivity index (χ1) is 11.2. The van der Waals surface area contributed by atoms with Gasteiger partial charge >= 0.3 is 5.76 Å². The first-order valence-electron chi connectivity index (χ1n) is 7.13. The second-order valence-electron chi connectivity index (χ2n) is 5.01. The van der Waals surface area contributed by atoms with Crippen LogP contribution in [-0.2, 0) is 6.54 Å². The Labute approximate surface area is 132 Å². The number of hydrogen-bond donors (Lipinski definition) is 1. The van der Waals surface area contributed by atoms with Crippen molar-refractivity contribution < 1.29 is 14.3 Å². The van der Waals surface area contributed by atoms with Crippen molar-refractivity contribution in [1.29, 1.82) is 0 Å². The molecule has 1 atom stereocenters. The van der Waals surface area contributed by atoms with E-state index in [1.807, 2.05) is 18.2 Å². The number of ether oxygens (including phenoxy) is 1. The van der Waals surface area contributed by atoms with Gasteiger partial charge in [-0.25, -0.2) is 4.79 Å². The highest BCUT2D eigenvalue weighted by Crippen LogP contribution is 2.20. The van der Waals surface area contributed by atoms with Crippen molar-refractivity contribution in [2.24, 2.45) is 0 Å². The van der Waals surface area contributed by atoms with Crippen molar-refractivity contribution in [3.05, 3.63) is 70.7 Å². The molecule has 6 heteroatoms. The van der Waals surface area contributed by atoms with E-state index in [9.17, 15) is 9.90 Å². The van der Waals surface area contributed by atoms with Gasteiger partial charge in [0.05, 0.1) is 19.8 Å². The number of benzene rings is 2. The van der Waals surface area contributed by atoms with Gasteiger partial charge in [-0.3, -0.25) is 0 Å². The van der Waals surface area contributed by atoms with Gasteiger partial charge in [0.15, 0.2) is 0 Å². The van der Waals surface area contributed by atoms with Crippen LogP contribution in [0.15, 0.2) is 63.8 Å². The van der Waals surface area contributed by atoms with E-state index in [1.165, 1.54) is 0 Å². The van der Waals surface area contributed by atoms with Gasteiger partial charge in [-0.05, 0) is 29.8 Å². The summed E-state index contributed by atoms with van der Waals surface area (Å²) >= 11 is 0. The molecule has 0 spiro atoms. The van der Waals surface area contributed by atoms with Crippen LogP contribution in [0.1, 0.15) is 11.7 Å². The Hall–Kier alpha value is -2.86. The Morgan fingerprint density at radius 3 is 2.74 bits per heavy atom. The fourth-order valence-electron chi connectivity index (χ4n) is 2.24. The van der Waals surface area contributed by atoms with Gasteiger partial charge in [-0.2, -0.15) is 4.68 Å². The molecule has 1 aromatic heterocycles.